The van der Waals surface area contributed by atoms with E-state index in [-0.39, 0.29) is 18.3 Å². The van der Waals surface area contributed by atoms with Crippen LogP contribution in [0.5, 0.6) is 0 Å². The van der Waals surface area contributed by atoms with E-state index in [1.165, 1.54) is 32.1 Å². The van der Waals surface area contributed by atoms with Gasteiger partial charge in [-0.25, -0.2) is 0 Å². The Labute approximate surface area is 110 Å². The van der Waals surface area contributed by atoms with Crippen molar-refractivity contribution < 1.29 is 9.53 Å². The maximum absolute atomic E-state index is 11.1. The molecule has 0 heterocycles. The van der Waals surface area contributed by atoms with Crippen LogP contribution in [0.15, 0.2) is 0 Å². The molecule has 1 aliphatic rings. The third-order valence-electron chi connectivity index (χ3n) is 2.89. The van der Waals surface area contributed by atoms with Crippen molar-refractivity contribution >= 4 is 18.3 Å². The molecular formula is C12H25ClN2O2. The Balaban J connectivity index is 0.00000256. The molecule has 0 aliphatic heterocycles. The van der Waals surface area contributed by atoms with Crippen LogP contribution in [0.4, 0.5) is 0 Å². The van der Waals surface area contributed by atoms with Gasteiger partial charge in [-0.15, -0.1) is 12.4 Å². The number of rotatable bonds is 7. The largest absolute Gasteiger partial charge is 0.378 e. The zero-order valence-electron chi connectivity index (χ0n) is 10.7. The van der Waals surface area contributed by atoms with Crippen molar-refractivity contribution in [3.05, 3.63) is 0 Å². The molecular weight excluding hydrogens is 240 g/mol. The maximum Gasteiger partial charge on any atom is 0.233 e. The van der Waals surface area contributed by atoms with E-state index < -0.39 is 0 Å². The lowest BCUT2D eigenvalue weighted by atomic mass is 9.98. The zero-order chi connectivity index (χ0) is 11.6. The van der Waals surface area contributed by atoms with Gasteiger partial charge in [-0.05, 0) is 26.3 Å². The Hall–Kier alpha value is -0.320. The quantitative estimate of drug-likeness (QED) is 0.685. The van der Waals surface area contributed by atoms with Crippen molar-refractivity contribution in [1.82, 2.24) is 10.6 Å². The maximum atomic E-state index is 11.1. The van der Waals surface area contributed by atoms with Crippen molar-refractivity contribution in [3.63, 3.8) is 0 Å². The average molecular weight is 265 g/mol. The van der Waals surface area contributed by atoms with Gasteiger partial charge >= 0.3 is 0 Å². The summed E-state index contributed by atoms with van der Waals surface area (Å²) in [5, 5.41) is 5.66. The molecule has 0 spiro atoms. The van der Waals surface area contributed by atoms with Gasteiger partial charge in [-0.3, -0.25) is 4.79 Å². The second kappa shape index (κ2) is 10.8. The van der Waals surface area contributed by atoms with E-state index in [4.69, 9.17) is 4.74 Å². The highest BCUT2D eigenvalue weighted by Gasteiger charge is 2.12. The number of likely N-dealkylation sites (N-methyl/N-ethyl adjacent to an activating group) is 1. The molecule has 1 aliphatic carbocycles. The van der Waals surface area contributed by atoms with Gasteiger partial charge in [0.2, 0.25) is 5.91 Å². The lowest BCUT2D eigenvalue weighted by molar-refractivity contribution is -0.120. The van der Waals surface area contributed by atoms with Crippen LogP contribution in [0, 0.1) is 0 Å². The molecule has 0 radical (unpaired) electrons. The lowest BCUT2D eigenvalue weighted by Crippen LogP contribution is -2.33. The topological polar surface area (TPSA) is 50.4 Å². The molecule has 2 N–H and O–H groups in total. The van der Waals surface area contributed by atoms with E-state index >= 15 is 0 Å². The van der Waals surface area contributed by atoms with E-state index in [0.717, 1.165) is 13.0 Å². The van der Waals surface area contributed by atoms with Gasteiger partial charge in [-0.1, -0.05) is 19.3 Å². The molecule has 0 atom stereocenters. The third kappa shape index (κ3) is 8.41. The molecule has 0 aromatic heterocycles. The van der Waals surface area contributed by atoms with Crippen molar-refractivity contribution in [2.45, 2.75) is 44.6 Å². The molecule has 0 unspecified atom stereocenters. The number of hydrogen-bond donors (Lipinski definition) is 2. The molecule has 5 heteroatoms. The number of hydrogen-bond acceptors (Lipinski definition) is 3. The van der Waals surface area contributed by atoms with Crippen LogP contribution >= 0.6 is 12.4 Å². The Morgan fingerprint density at radius 2 is 2.00 bits per heavy atom. The second-order valence-corrected chi connectivity index (χ2v) is 4.36. The predicted octanol–water partition coefficient (Wildman–Crippen LogP) is 1.48. The number of ether oxygens (including phenoxy) is 1. The third-order valence-corrected chi connectivity index (χ3v) is 2.89. The minimum atomic E-state index is 0. The SMILES string of the molecule is CNCC(=O)NCCCOC1CCCCC1.Cl. The number of carbonyl (C=O) groups is 1. The molecule has 0 aromatic carbocycles. The Morgan fingerprint density at radius 1 is 1.29 bits per heavy atom. The van der Waals surface area contributed by atoms with Crippen LogP contribution < -0.4 is 10.6 Å². The van der Waals surface area contributed by atoms with Gasteiger partial charge in [0.1, 0.15) is 0 Å². The molecule has 0 saturated heterocycles. The summed E-state index contributed by atoms with van der Waals surface area (Å²) < 4.78 is 5.76. The van der Waals surface area contributed by atoms with Crippen molar-refractivity contribution in [3.8, 4) is 0 Å². The van der Waals surface area contributed by atoms with Gasteiger partial charge in [0.05, 0.1) is 12.6 Å². The fourth-order valence-corrected chi connectivity index (χ4v) is 2.00. The number of carbonyl (C=O) groups excluding carboxylic acids is 1. The van der Waals surface area contributed by atoms with Crippen LogP contribution in [0.3, 0.4) is 0 Å². The van der Waals surface area contributed by atoms with E-state index in [2.05, 4.69) is 10.6 Å². The Bertz CT molecular complexity index is 197. The van der Waals surface area contributed by atoms with Gasteiger partial charge in [0.25, 0.3) is 0 Å². The van der Waals surface area contributed by atoms with Crippen LogP contribution in [0.2, 0.25) is 0 Å². The standard InChI is InChI=1S/C12H24N2O2.ClH/c1-13-10-12(15)14-8-5-9-16-11-6-3-2-4-7-11;/h11,13H,2-10H2,1H3,(H,14,15);1H. The van der Waals surface area contributed by atoms with E-state index in [9.17, 15) is 4.79 Å². The van der Waals surface area contributed by atoms with Gasteiger partial charge < -0.3 is 15.4 Å². The summed E-state index contributed by atoms with van der Waals surface area (Å²) in [6.45, 7) is 1.88. The van der Waals surface area contributed by atoms with Crippen LogP contribution in [-0.2, 0) is 9.53 Å². The molecule has 0 bridgehead atoms. The van der Waals surface area contributed by atoms with E-state index in [0.29, 0.717) is 19.2 Å². The highest BCUT2D eigenvalue weighted by Crippen LogP contribution is 2.20. The smallest absolute Gasteiger partial charge is 0.233 e. The van der Waals surface area contributed by atoms with Crippen LogP contribution in [0.25, 0.3) is 0 Å². The average Bonchev–Trinajstić information content (AvgIpc) is 2.30. The van der Waals surface area contributed by atoms with Crippen molar-refractivity contribution in [1.29, 1.82) is 0 Å². The number of nitrogens with one attached hydrogen (secondary N) is 2. The fourth-order valence-electron chi connectivity index (χ4n) is 2.00. The van der Waals surface area contributed by atoms with Crippen LogP contribution in [-0.4, -0.2) is 38.8 Å². The molecule has 1 fully saturated rings. The summed E-state index contributed by atoms with van der Waals surface area (Å²) in [5.74, 6) is 0.0557. The molecule has 17 heavy (non-hydrogen) atoms. The first-order chi connectivity index (χ1) is 7.83. The highest BCUT2D eigenvalue weighted by molar-refractivity contribution is 5.85. The number of amides is 1. The van der Waals surface area contributed by atoms with E-state index in [1.807, 2.05) is 0 Å². The first kappa shape index (κ1) is 16.7. The molecule has 1 saturated carbocycles. The Kier molecular flexibility index (Phi) is 10.6. The zero-order valence-corrected chi connectivity index (χ0v) is 11.5. The number of halogens is 1. The summed E-state index contributed by atoms with van der Waals surface area (Å²) in [5.41, 5.74) is 0. The van der Waals surface area contributed by atoms with E-state index in [1.54, 1.807) is 7.05 Å². The minimum Gasteiger partial charge on any atom is -0.378 e. The molecule has 4 nitrogen and oxygen atoms in total. The molecule has 1 amide bonds. The summed E-state index contributed by atoms with van der Waals surface area (Å²) in [4.78, 5) is 11.1. The minimum absolute atomic E-state index is 0. The first-order valence-corrected chi connectivity index (χ1v) is 6.36. The summed E-state index contributed by atoms with van der Waals surface area (Å²) in [6, 6.07) is 0. The van der Waals surface area contributed by atoms with Crippen molar-refractivity contribution in [2.75, 3.05) is 26.7 Å². The van der Waals surface area contributed by atoms with Crippen molar-refractivity contribution in [2.24, 2.45) is 0 Å². The van der Waals surface area contributed by atoms with Gasteiger partial charge in [0.15, 0.2) is 0 Å². The normalized spacial score (nSPS) is 16.3. The summed E-state index contributed by atoms with van der Waals surface area (Å²) in [7, 11) is 1.77. The molecule has 0 aromatic rings. The predicted molar refractivity (Wildman–Crippen MR) is 71.6 cm³/mol. The van der Waals surface area contributed by atoms with Gasteiger partial charge in [0, 0.05) is 13.2 Å². The fraction of sp³-hybridized carbons (Fsp3) is 0.917. The molecule has 1 rings (SSSR count). The summed E-state index contributed by atoms with van der Waals surface area (Å²) in [6.07, 6.45) is 7.79. The van der Waals surface area contributed by atoms with Crippen LogP contribution in [0.1, 0.15) is 38.5 Å². The second-order valence-electron chi connectivity index (χ2n) is 4.36. The summed E-state index contributed by atoms with van der Waals surface area (Å²) >= 11 is 0. The molecule has 102 valence electrons. The monoisotopic (exact) mass is 264 g/mol. The Morgan fingerprint density at radius 3 is 2.65 bits per heavy atom. The lowest BCUT2D eigenvalue weighted by Gasteiger charge is -2.21. The van der Waals surface area contributed by atoms with Gasteiger partial charge in [-0.2, -0.15) is 0 Å². The first-order valence-electron chi connectivity index (χ1n) is 6.36. The highest BCUT2D eigenvalue weighted by atomic mass is 35.5.